The van der Waals surface area contributed by atoms with Crippen LogP contribution in [0.5, 0.6) is 0 Å². The van der Waals surface area contributed by atoms with E-state index in [1.165, 1.54) is 0 Å². The largest absolute Gasteiger partial charge is 0.396 e. The molecule has 2 heterocycles. The van der Waals surface area contributed by atoms with Crippen LogP contribution in [0.25, 0.3) is 0 Å². The van der Waals surface area contributed by atoms with Crippen molar-refractivity contribution < 1.29 is 5.11 Å². The number of nitrogens with zero attached hydrogens (tertiary/aromatic N) is 3. The number of aromatic nitrogens is 2. The van der Waals surface area contributed by atoms with E-state index in [1.54, 1.807) is 6.20 Å². The molecule has 1 saturated heterocycles. The molecular weight excluding hydrogens is 216 g/mol. The zero-order chi connectivity index (χ0) is 12.1. The summed E-state index contributed by atoms with van der Waals surface area (Å²) in [6.07, 6.45) is 3.82. The van der Waals surface area contributed by atoms with E-state index in [9.17, 15) is 0 Å². The van der Waals surface area contributed by atoms with Gasteiger partial charge in [-0.1, -0.05) is 0 Å². The highest BCUT2D eigenvalue weighted by Gasteiger charge is 2.23. The Morgan fingerprint density at radius 1 is 1.59 bits per heavy atom. The molecule has 1 atom stereocenters. The van der Waals surface area contributed by atoms with E-state index in [1.807, 2.05) is 13.0 Å². The standard InChI is InChI=1S/C12H20N4O/c1-2-13-12-14-6-3-11(15-12)16-7-4-10(9-16)5-8-17/h3,6,10,17H,2,4-5,7-9H2,1H3,(H,13,14,15). The Hall–Kier alpha value is -1.36. The number of aliphatic hydroxyl groups is 1. The molecule has 0 radical (unpaired) electrons. The first-order valence-corrected chi connectivity index (χ1v) is 6.26. The Kier molecular flexibility index (Phi) is 4.14. The van der Waals surface area contributed by atoms with Gasteiger partial charge in [0.25, 0.3) is 0 Å². The average Bonchev–Trinajstić information content (AvgIpc) is 2.79. The van der Waals surface area contributed by atoms with Crippen LogP contribution in [0.4, 0.5) is 11.8 Å². The van der Waals surface area contributed by atoms with Gasteiger partial charge in [-0.05, 0) is 31.7 Å². The minimum absolute atomic E-state index is 0.283. The summed E-state index contributed by atoms with van der Waals surface area (Å²) in [6.45, 7) is 5.15. The number of rotatable bonds is 5. The summed E-state index contributed by atoms with van der Waals surface area (Å²) < 4.78 is 0. The number of aliphatic hydroxyl groups excluding tert-OH is 1. The molecule has 5 nitrogen and oxygen atoms in total. The van der Waals surface area contributed by atoms with E-state index in [0.717, 1.165) is 38.3 Å². The molecule has 1 unspecified atom stereocenters. The first kappa shape index (κ1) is 12.1. The Bertz CT molecular complexity index is 358. The summed E-state index contributed by atoms with van der Waals surface area (Å²) in [5.41, 5.74) is 0. The maximum absolute atomic E-state index is 8.94. The number of hydrogen-bond donors (Lipinski definition) is 2. The van der Waals surface area contributed by atoms with Crippen LogP contribution < -0.4 is 10.2 Å². The first-order valence-electron chi connectivity index (χ1n) is 6.26. The number of anilines is 2. The third-order valence-electron chi connectivity index (χ3n) is 3.12. The van der Waals surface area contributed by atoms with E-state index in [-0.39, 0.29) is 6.61 Å². The maximum atomic E-state index is 8.94. The molecule has 0 saturated carbocycles. The molecule has 94 valence electrons. The lowest BCUT2D eigenvalue weighted by Crippen LogP contribution is -2.21. The molecule has 1 aromatic rings. The van der Waals surface area contributed by atoms with Gasteiger partial charge in [0, 0.05) is 32.4 Å². The normalized spacial score (nSPS) is 19.6. The van der Waals surface area contributed by atoms with Crippen LogP contribution in [0, 0.1) is 5.92 Å². The van der Waals surface area contributed by atoms with Crippen LogP contribution in [0.1, 0.15) is 19.8 Å². The monoisotopic (exact) mass is 236 g/mol. The summed E-state index contributed by atoms with van der Waals surface area (Å²) in [6, 6.07) is 1.95. The predicted octanol–water partition coefficient (Wildman–Crippen LogP) is 1.12. The number of nitrogens with one attached hydrogen (secondary N) is 1. The van der Waals surface area contributed by atoms with Gasteiger partial charge in [0.1, 0.15) is 5.82 Å². The van der Waals surface area contributed by atoms with Crippen molar-refractivity contribution >= 4 is 11.8 Å². The van der Waals surface area contributed by atoms with Crippen LogP contribution in [-0.2, 0) is 0 Å². The molecule has 1 aliphatic heterocycles. The molecule has 5 heteroatoms. The van der Waals surface area contributed by atoms with Crippen molar-refractivity contribution in [1.29, 1.82) is 0 Å². The zero-order valence-corrected chi connectivity index (χ0v) is 10.3. The SMILES string of the molecule is CCNc1nccc(N2CCC(CCO)C2)n1. The molecule has 2 N–H and O–H groups in total. The van der Waals surface area contributed by atoms with Crippen LogP contribution in [0.15, 0.2) is 12.3 Å². The van der Waals surface area contributed by atoms with Crippen LogP contribution in [0.2, 0.25) is 0 Å². The van der Waals surface area contributed by atoms with Crippen LogP contribution in [0.3, 0.4) is 0 Å². The van der Waals surface area contributed by atoms with Gasteiger partial charge in [-0.3, -0.25) is 0 Å². The Morgan fingerprint density at radius 2 is 2.47 bits per heavy atom. The van der Waals surface area contributed by atoms with E-state index < -0.39 is 0 Å². The van der Waals surface area contributed by atoms with E-state index in [0.29, 0.717) is 11.9 Å². The second-order valence-electron chi connectivity index (χ2n) is 4.38. The Morgan fingerprint density at radius 3 is 3.24 bits per heavy atom. The highest BCUT2D eigenvalue weighted by molar-refractivity contribution is 5.43. The van der Waals surface area contributed by atoms with Gasteiger partial charge in [-0.15, -0.1) is 0 Å². The Labute approximate surface area is 102 Å². The van der Waals surface area contributed by atoms with Gasteiger partial charge in [-0.25, -0.2) is 4.98 Å². The third-order valence-corrected chi connectivity index (χ3v) is 3.12. The minimum Gasteiger partial charge on any atom is -0.396 e. The van der Waals surface area contributed by atoms with Crippen molar-refractivity contribution in [2.75, 3.05) is 36.5 Å². The topological polar surface area (TPSA) is 61.3 Å². The summed E-state index contributed by atoms with van der Waals surface area (Å²) in [4.78, 5) is 10.9. The lowest BCUT2D eigenvalue weighted by atomic mass is 10.1. The van der Waals surface area contributed by atoms with Crippen molar-refractivity contribution in [3.8, 4) is 0 Å². The summed E-state index contributed by atoms with van der Waals surface area (Å²) in [5.74, 6) is 2.27. The average molecular weight is 236 g/mol. The second kappa shape index (κ2) is 5.82. The van der Waals surface area contributed by atoms with Crippen LogP contribution in [-0.4, -0.2) is 41.3 Å². The predicted molar refractivity (Wildman–Crippen MR) is 68.2 cm³/mol. The van der Waals surface area contributed by atoms with Gasteiger partial charge >= 0.3 is 0 Å². The maximum Gasteiger partial charge on any atom is 0.224 e. The Balaban J connectivity index is 2.00. The van der Waals surface area contributed by atoms with Crippen molar-refractivity contribution in [3.63, 3.8) is 0 Å². The van der Waals surface area contributed by atoms with Gasteiger partial charge < -0.3 is 15.3 Å². The van der Waals surface area contributed by atoms with Gasteiger partial charge in [-0.2, -0.15) is 4.98 Å². The van der Waals surface area contributed by atoms with Crippen molar-refractivity contribution in [2.45, 2.75) is 19.8 Å². The summed E-state index contributed by atoms with van der Waals surface area (Å²) >= 11 is 0. The zero-order valence-electron chi connectivity index (χ0n) is 10.3. The number of hydrogen-bond acceptors (Lipinski definition) is 5. The van der Waals surface area contributed by atoms with E-state index >= 15 is 0 Å². The highest BCUT2D eigenvalue weighted by atomic mass is 16.3. The third kappa shape index (κ3) is 3.06. The van der Waals surface area contributed by atoms with Gasteiger partial charge in [0.2, 0.25) is 5.95 Å². The lowest BCUT2D eigenvalue weighted by molar-refractivity contribution is 0.263. The molecule has 1 aliphatic rings. The molecule has 2 rings (SSSR count). The van der Waals surface area contributed by atoms with E-state index in [4.69, 9.17) is 5.11 Å². The molecule has 0 aromatic carbocycles. The fraction of sp³-hybridized carbons (Fsp3) is 0.667. The molecule has 1 fully saturated rings. The molecule has 0 spiro atoms. The van der Waals surface area contributed by atoms with Crippen molar-refractivity contribution in [3.05, 3.63) is 12.3 Å². The molecular formula is C12H20N4O. The molecule has 0 bridgehead atoms. The molecule has 0 amide bonds. The summed E-state index contributed by atoms with van der Waals surface area (Å²) in [5, 5.41) is 12.1. The van der Waals surface area contributed by atoms with Crippen molar-refractivity contribution in [2.24, 2.45) is 5.92 Å². The minimum atomic E-state index is 0.283. The van der Waals surface area contributed by atoms with Crippen molar-refractivity contribution in [1.82, 2.24) is 9.97 Å². The van der Waals surface area contributed by atoms with Crippen LogP contribution >= 0.6 is 0 Å². The van der Waals surface area contributed by atoms with Gasteiger partial charge in [0.15, 0.2) is 0 Å². The fourth-order valence-corrected chi connectivity index (χ4v) is 2.23. The van der Waals surface area contributed by atoms with Gasteiger partial charge in [0.05, 0.1) is 0 Å². The lowest BCUT2D eigenvalue weighted by Gasteiger charge is -2.17. The molecule has 0 aliphatic carbocycles. The van der Waals surface area contributed by atoms with E-state index in [2.05, 4.69) is 20.2 Å². The summed E-state index contributed by atoms with van der Waals surface area (Å²) in [7, 11) is 0. The highest BCUT2D eigenvalue weighted by Crippen LogP contribution is 2.24. The molecule has 1 aromatic heterocycles. The smallest absolute Gasteiger partial charge is 0.224 e. The fourth-order valence-electron chi connectivity index (χ4n) is 2.23. The quantitative estimate of drug-likeness (QED) is 0.802. The first-order chi connectivity index (χ1) is 8.33. The second-order valence-corrected chi connectivity index (χ2v) is 4.38. The molecule has 17 heavy (non-hydrogen) atoms.